The highest BCUT2D eigenvalue weighted by molar-refractivity contribution is 5.95. The van der Waals surface area contributed by atoms with Gasteiger partial charge in [-0.15, -0.1) is 0 Å². The number of hydrogen-bond donors (Lipinski definition) is 0. The van der Waals surface area contributed by atoms with E-state index in [2.05, 4.69) is 5.10 Å². The van der Waals surface area contributed by atoms with Gasteiger partial charge in [-0.1, -0.05) is 31.0 Å². The fourth-order valence-corrected chi connectivity index (χ4v) is 3.69. The molecule has 0 aliphatic heterocycles. The van der Waals surface area contributed by atoms with Crippen molar-refractivity contribution in [2.75, 3.05) is 7.05 Å². The van der Waals surface area contributed by atoms with Crippen LogP contribution in [0, 0.1) is 0 Å². The minimum Gasteiger partial charge on any atom is -0.339 e. The molecule has 0 atom stereocenters. The Morgan fingerprint density at radius 1 is 1.13 bits per heavy atom. The van der Waals surface area contributed by atoms with Gasteiger partial charge in [0.2, 0.25) is 0 Å². The smallest absolute Gasteiger partial charge is 0.257 e. The molecule has 1 aromatic carbocycles. The highest BCUT2D eigenvalue weighted by atomic mass is 16.2. The predicted octanol–water partition coefficient (Wildman–Crippen LogP) is 3.76. The van der Waals surface area contributed by atoms with E-state index in [0.29, 0.717) is 12.0 Å². The topological polar surface area (TPSA) is 38.1 Å². The van der Waals surface area contributed by atoms with Crippen LogP contribution in [0.4, 0.5) is 0 Å². The van der Waals surface area contributed by atoms with Crippen molar-refractivity contribution in [1.82, 2.24) is 14.7 Å². The van der Waals surface area contributed by atoms with Crippen LogP contribution in [-0.4, -0.2) is 33.7 Å². The quantitative estimate of drug-likeness (QED) is 0.862. The molecule has 4 rings (SSSR count). The first-order valence-electron chi connectivity index (χ1n) is 8.66. The van der Waals surface area contributed by atoms with E-state index in [4.69, 9.17) is 0 Å². The molecular formula is C19H23N3O. The fourth-order valence-electron chi connectivity index (χ4n) is 3.69. The Kier molecular flexibility index (Phi) is 3.68. The lowest BCUT2D eigenvalue weighted by Crippen LogP contribution is -2.35. The molecule has 0 unspecified atom stereocenters. The van der Waals surface area contributed by atoms with Crippen molar-refractivity contribution >= 4 is 5.91 Å². The van der Waals surface area contributed by atoms with Gasteiger partial charge in [0.15, 0.2) is 0 Å². The van der Waals surface area contributed by atoms with E-state index in [1.807, 2.05) is 47.0 Å². The summed E-state index contributed by atoms with van der Waals surface area (Å²) in [5.41, 5.74) is 2.94. The first kappa shape index (κ1) is 14.5. The maximum absolute atomic E-state index is 13.0. The SMILES string of the molecule is CN(C(=O)c1cnn(-c2ccccc2)c1C1CC1)C1CCCC1. The number of nitrogens with zero attached hydrogens (tertiary/aromatic N) is 3. The second-order valence-electron chi connectivity index (χ2n) is 6.82. The van der Waals surface area contributed by atoms with Crippen LogP contribution in [0.3, 0.4) is 0 Å². The van der Waals surface area contributed by atoms with Crippen LogP contribution in [0.1, 0.15) is 60.5 Å². The summed E-state index contributed by atoms with van der Waals surface area (Å²) in [5.74, 6) is 0.620. The Bertz CT molecular complexity index is 697. The molecule has 2 saturated carbocycles. The van der Waals surface area contributed by atoms with Crippen molar-refractivity contribution in [1.29, 1.82) is 0 Å². The lowest BCUT2D eigenvalue weighted by atomic mass is 10.1. The van der Waals surface area contributed by atoms with Gasteiger partial charge in [0.25, 0.3) is 5.91 Å². The summed E-state index contributed by atoms with van der Waals surface area (Å²) in [5, 5.41) is 4.55. The molecule has 120 valence electrons. The monoisotopic (exact) mass is 309 g/mol. The van der Waals surface area contributed by atoms with Gasteiger partial charge in [0.05, 0.1) is 23.1 Å². The van der Waals surface area contributed by atoms with E-state index in [1.165, 1.54) is 12.8 Å². The summed E-state index contributed by atoms with van der Waals surface area (Å²) in [6.45, 7) is 0. The van der Waals surface area contributed by atoms with Gasteiger partial charge in [0, 0.05) is 19.0 Å². The molecule has 1 aromatic heterocycles. The number of para-hydroxylation sites is 1. The molecule has 2 aromatic rings. The normalized spacial score (nSPS) is 18.3. The molecule has 1 amide bonds. The number of rotatable bonds is 4. The molecule has 0 bridgehead atoms. The largest absolute Gasteiger partial charge is 0.339 e. The molecule has 0 radical (unpaired) electrons. The van der Waals surface area contributed by atoms with Gasteiger partial charge in [-0.3, -0.25) is 4.79 Å². The second kappa shape index (κ2) is 5.84. The average molecular weight is 309 g/mol. The van der Waals surface area contributed by atoms with Crippen molar-refractivity contribution in [2.24, 2.45) is 0 Å². The van der Waals surface area contributed by atoms with E-state index in [9.17, 15) is 4.79 Å². The van der Waals surface area contributed by atoms with E-state index < -0.39 is 0 Å². The third-order valence-corrected chi connectivity index (χ3v) is 5.19. The van der Waals surface area contributed by atoms with Gasteiger partial charge in [-0.25, -0.2) is 4.68 Å². The third kappa shape index (κ3) is 2.67. The summed E-state index contributed by atoms with van der Waals surface area (Å²) in [6.07, 6.45) is 8.83. The molecule has 2 fully saturated rings. The van der Waals surface area contributed by atoms with Crippen LogP contribution < -0.4 is 0 Å². The van der Waals surface area contributed by atoms with Gasteiger partial charge >= 0.3 is 0 Å². The molecule has 4 nitrogen and oxygen atoms in total. The zero-order valence-corrected chi connectivity index (χ0v) is 13.6. The number of carbonyl (C=O) groups excluding carboxylic acids is 1. The standard InChI is InChI=1S/C19H23N3O/c1-21(15-7-5-6-8-15)19(23)17-13-20-22(18(17)14-11-12-14)16-9-3-2-4-10-16/h2-4,9-10,13-15H,5-8,11-12H2,1H3. The molecule has 0 spiro atoms. The van der Waals surface area contributed by atoms with Crippen molar-refractivity contribution in [3.05, 3.63) is 47.8 Å². The first-order chi connectivity index (χ1) is 11.3. The van der Waals surface area contributed by atoms with Crippen LogP contribution in [0.15, 0.2) is 36.5 Å². The highest BCUT2D eigenvalue weighted by Gasteiger charge is 2.35. The van der Waals surface area contributed by atoms with Crippen LogP contribution in [-0.2, 0) is 0 Å². The van der Waals surface area contributed by atoms with Crippen LogP contribution in [0.25, 0.3) is 5.69 Å². The number of benzene rings is 1. The Labute approximate surface area is 137 Å². The zero-order valence-electron chi connectivity index (χ0n) is 13.6. The molecular weight excluding hydrogens is 286 g/mol. The number of carbonyl (C=O) groups is 1. The summed E-state index contributed by atoms with van der Waals surface area (Å²) < 4.78 is 1.97. The molecule has 0 N–H and O–H groups in total. The summed E-state index contributed by atoms with van der Waals surface area (Å²) >= 11 is 0. The fraction of sp³-hybridized carbons (Fsp3) is 0.474. The third-order valence-electron chi connectivity index (χ3n) is 5.19. The summed E-state index contributed by atoms with van der Waals surface area (Å²) in [4.78, 5) is 15.0. The Hall–Kier alpha value is -2.10. The Morgan fingerprint density at radius 2 is 1.83 bits per heavy atom. The molecule has 2 aliphatic carbocycles. The summed E-state index contributed by atoms with van der Waals surface area (Å²) in [6, 6.07) is 10.5. The van der Waals surface area contributed by atoms with Crippen LogP contribution in [0.2, 0.25) is 0 Å². The zero-order chi connectivity index (χ0) is 15.8. The lowest BCUT2D eigenvalue weighted by Gasteiger charge is -2.24. The van der Waals surface area contributed by atoms with Crippen LogP contribution in [0.5, 0.6) is 0 Å². The van der Waals surface area contributed by atoms with Crippen molar-refractivity contribution in [3.8, 4) is 5.69 Å². The van der Waals surface area contributed by atoms with E-state index in [-0.39, 0.29) is 5.91 Å². The van der Waals surface area contributed by atoms with E-state index in [1.54, 1.807) is 6.20 Å². The minimum atomic E-state index is 0.140. The van der Waals surface area contributed by atoms with E-state index >= 15 is 0 Å². The van der Waals surface area contributed by atoms with Crippen LogP contribution >= 0.6 is 0 Å². The molecule has 23 heavy (non-hydrogen) atoms. The number of aromatic nitrogens is 2. The highest BCUT2D eigenvalue weighted by Crippen LogP contribution is 2.43. The Morgan fingerprint density at radius 3 is 2.48 bits per heavy atom. The first-order valence-corrected chi connectivity index (χ1v) is 8.66. The maximum atomic E-state index is 13.0. The number of hydrogen-bond acceptors (Lipinski definition) is 2. The van der Waals surface area contributed by atoms with Gasteiger partial charge in [-0.05, 0) is 37.8 Å². The second-order valence-corrected chi connectivity index (χ2v) is 6.82. The van der Waals surface area contributed by atoms with Crippen molar-refractivity contribution < 1.29 is 4.79 Å². The van der Waals surface area contributed by atoms with Crippen molar-refractivity contribution in [3.63, 3.8) is 0 Å². The molecule has 1 heterocycles. The summed E-state index contributed by atoms with van der Waals surface area (Å²) in [7, 11) is 1.95. The van der Waals surface area contributed by atoms with Gasteiger partial charge in [-0.2, -0.15) is 5.10 Å². The predicted molar refractivity (Wildman–Crippen MR) is 89.9 cm³/mol. The van der Waals surface area contributed by atoms with Crippen molar-refractivity contribution in [2.45, 2.75) is 50.5 Å². The number of amides is 1. The lowest BCUT2D eigenvalue weighted by molar-refractivity contribution is 0.0734. The van der Waals surface area contributed by atoms with E-state index in [0.717, 1.165) is 42.6 Å². The average Bonchev–Trinajstić information content (AvgIpc) is 3.12. The maximum Gasteiger partial charge on any atom is 0.257 e. The van der Waals surface area contributed by atoms with Gasteiger partial charge < -0.3 is 4.90 Å². The molecule has 2 aliphatic rings. The molecule has 0 saturated heterocycles. The minimum absolute atomic E-state index is 0.140. The molecule has 4 heteroatoms. The van der Waals surface area contributed by atoms with Gasteiger partial charge in [0.1, 0.15) is 0 Å². The Balaban J connectivity index is 1.69.